The maximum atomic E-state index is 12.9. The van der Waals surface area contributed by atoms with Crippen LogP contribution in [0, 0.1) is 6.92 Å². The second kappa shape index (κ2) is 10.7. The largest absolute Gasteiger partial charge is 0.490 e. The number of carbonyl (C=O) groups excluding carboxylic acids is 2. The molecule has 0 aliphatic heterocycles. The van der Waals surface area contributed by atoms with E-state index in [1.165, 1.54) is 11.3 Å². The second-order valence-electron chi connectivity index (χ2n) is 5.88. The fraction of sp³-hybridized carbons (Fsp3) is 0.429. The van der Waals surface area contributed by atoms with Crippen LogP contribution in [0.25, 0.3) is 0 Å². The summed E-state index contributed by atoms with van der Waals surface area (Å²) in [6.07, 6.45) is 0. The molecule has 0 aliphatic rings. The van der Waals surface area contributed by atoms with Crippen molar-refractivity contribution in [3.05, 3.63) is 34.2 Å². The van der Waals surface area contributed by atoms with E-state index in [1.807, 2.05) is 27.7 Å². The van der Waals surface area contributed by atoms with Crippen LogP contribution in [0.1, 0.15) is 53.3 Å². The minimum atomic E-state index is -0.469. The maximum Gasteiger partial charge on any atom is 0.341 e. The Kier molecular flexibility index (Phi) is 8.33. The molecule has 0 bridgehead atoms. The van der Waals surface area contributed by atoms with Crippen molar-refractivity contribution >= 4 is 28.2 Å². The number of rotatable bonds is 10. The Morgan fingerprint density at radius 3 is 2.00 bits per heavy atom. The zero-order valence-corrected chi connectivity index (χ0v) is 18.2. The lowest BCUT2D eigenvalue weighted by Crippen LogP contribution is -2.15. The molecule has 0 atom stereocenters. The molecule has 0 radical (unpaired) electrons. The van der Waals surface area contributed by atoms with Gasteiger partial charge in [-0.05, 0) is 52.8 Å². The molecule has 0 spiro atoms. The summed E-state index contributed by atoms with van der Waals surface area (Å²) in [5.74, 6) is 0.468. The molecule has 0 unspecified atom stereocenters. The predicted molar refractivity (Wildman–Crippen MR) is 113 cm³/mol. The Balaban J connectivity index is 2.39. The van der Waals surface area contributed by atoms with Crippen molar-refractivity contribution in [2.75, 3.05) is 31.7 Å². The molecule has 0 saturated heterocycles. The number of hydrogen-bond donors (Lipinski definition) is 1. The first-order chi connectivity index (χ1) is 13.9. The monoisotopic (exact) mass is 421 g/mol. The number of anilines is 1. The summed E-state index contributed by atoms with van der Waals surface area (Å²) >= 11 is 1.31. The quantitative estimate of drug-likeness (QED) is 0.561. The minimum absolute atomic E-state index is 0.259. The van der Waals surface area contributed by atoms with Crippen LogP contribution in [0.3, 0.4) is 0 Å². The molecule has 8 heteroatoms. The number of aryl methyl sites for hydroxylation is 1. The SMILES string of the molecule is CCOC(=O)c1cc(C)sc1NC(=O)c1cc(OCC)c(OCC)c(OCC)c1. The molecule has 1 N–H and O–H groups in total. The van der Waals surface area contributed by atoms with Crippen molar-refractivity contribution in [3.63, 3.8) is 0 Å². The Morgan fingerprint density at radius 1 is 0.897 bits per heavy atom. The molecule has 2 aromatic rings. The van der Waals surface area contributed by atoms with Crippen molar-refractivity contribution in [2.45, 2.75) is 34.6 Å². The van der Waals surface area contributed by atoms with Gasteiger partial charge in [-0.15, -0.1) is 11.3 Å². The summed E-state index contributed by atoms with van der Waals surface area (Å²) in [4.78, 5) is 26.0. The summed E-state index contributed by atoms with van der Waals surface area (Å²) in [6, 6.07) is 4.92. The van der Waals surface area contributed by atoms with Crippen molar-refractivity contribution in [1.29, 1.82) is 0 Å². The summed E-state index contributed by atoms with van der Waals surface area (Å²) < 4.78 is 22.1. The number of amides is 1. The number of ether oxygens (including phenoxy) is 4. The molecule has 2 rings (SSSR count). The summed E-state index contributed by atoms with van der Waals surface area (Å²) in [5, 5.41) is 3.24. The van der Waals surface area contributed by atoms with Crippen LogP contribution in [-0.4, -0.2) is 38.3 Å². The molecule has 0 fully saturated rings. The smallest absolute Gasteiger partial charge is 0.341 e. The third-order valence-corrected chi connectivity index (χ3v) is 4.71. The highest BCUT2D eigenvalue weighted by Crippen LogP contribution is 2.39. The van der Waals surface area contributed by atoms with Gasteiger partial charge in [0.15, 0.2) is 11.5 Å². The van der Waals surface area contributed by atoms with Crippen LogP contribution in [0.5, 0.6) is 17.2 Å². The fourth-order valence-electron chi connectivity index (χ4n) is 2.66. The zero-order valence-electron chi connectivity index (χ0n) is 17.4. The molecule has 1 heterocycles. The van der Waals surface area contributed by atoms with Crippen LogP contribution >= 0.6 is 11.3 Å². The van der Waals surface area contributed by atoms with Crippen molar-refractivity contribution in [1.82, 2.24) is 0 Å². The maximum absolute atomic E-state index is 12.9. The van der Waals surface area contributed by atoms with Gasteiger partial charge in [-0.2, -0.15) is 0 Å². The van der Waals surface area contributed by atoms with Crippen LogP contribution in [0.15, 0.2) is 18.2 Å². The van der Waals surface area contributed by atoms with Crippen LogP contribution in [0.4, 0.5) is 5.00 Å². The molecular weight excluding hydrogens is 394 g/mol. The highest BCUT2D eigenvalue weighted by molar-refractivity contribution is 7.16. The van der Waals surface area contributed by atoms with Gasteiger partial charge < -0.3 is 24.3 Å². The molecular formula is C21H27NO6S. The van der Waals surface area contributed by atoms with Gasteiger partial charge >= 0.3 is 5.97 Å². The van der Waals surface area contributed by atoms with Gasteiger partial charge in [0.1, 0.15) is 5.00 Å². The van der Waals surface area contributed by atoms with E-state index in [9.17, 15) is 9.59 Å². The van der Waals surface area contributed by atoms with E-state index in [-0.39, 0.29) is 12.5 Å². The van der Waals surface area contributed by atoms with Gasteiger partial charge in [-0.1, -0.05) is 0 Å². The van der Waals surface area contributed by atoms with Crippen LogP contribution in [0.2, 0.25) is 0 Å². The average molecular weight is 422 g/mol. The average Bonchev–Trinajstić information content (AvgIpc) is 3.05. The van der Waals surface area contributed by atoms with Crippen LogP contribution < -0.4 is 19.5 Å². The number of hydrogen-bond acceptors (Lipinski definition) is 7. The Morgan fingerprint density at radius 2 is 1.48 bits per heavy atom. The number of carbonyl (C=O) groups is 2. The van der Waals surface area contributed by atoms with Gasteiger partial charge in [0.25, 0.3) is 5.91 Å². The predicted octanol–water partition coefficient (Wildman–Crippen LogP) is 4.68. The number of benzene rings is 1. The van der Waals surface area contributed by atoms with Crippen molar-refractivity contribution < 1.29 is 28.5 Å². The lowest BCUT2D eigenvalue weighted by atomic mass is 10.1. The van der Waals surface area contributed by atoms with E-state index in [2.05, 4.69) is 5.32 Å². The second-order valence-corrected chi connectivity index (χ2v) is 7.13. The minimum Gasteiger partial charge on any atom is -0.490 e. The van der Waals surface area contributed by atoms with Crippen LogP contribution in [-0.2, 0) is 4.74 Å². The molecule has 29 heavy (non-hydrogen) atoms. The van der Waals surface area contributed by atoms with E-state index < -0.39 is 5.97 Å². The topological polar surface area (TPSA) is 83.1 Å². The third kappa shape index (κ3) is 5.63. The molecule has 1 amide bonds. The molecule has 7 nitrogen and oxygen atoms in total. The van der Waals surface area contributed by atoms with E-state index >= 15 is 0 Å². The first-order valence-corrected chi connectivity index (χ1v) is 10.4. The number of nitrogens with one attached hydrogen (secondary N) is 1. The van der Waals surface area contributed by atoms with E-state index in [0.717, 1.165) is 4.88 Å². The molecule has 0 saturated carbocycles. The van der Waals surface area contributed by atoms with Gasteiger partial charge in [-0.3, -0.25) is 4.79 Å². The van der Waals surface area contributed by atoms with E-state index in [1.54, 1.807) is 25.1 Å². The standard InChI is InChI=1S/C21H27NO6S/c1-6-25-16-11-14(12-17(26-7-2)18(16)27-8-3)19(23)22-20-15(10-13(5)29-20)21(24)28-9-4/h10-12H,6-9H2,1-5H3,(H,22,23). The zero-order chi connectivity index (χ0) is 21.4. The van der Waals surface area contributed by atoms with Gasteiger partial charge in [0.2, 0.25) is 5.75 Å². The molecule has 158 valence electrons. The Labute approximate surface area is 174 Å². The highest BCUT2D eigenvalue weighted by Gasteiger charge is 2.22. The highest BCUT2D eigenvalue weighted by atomic mass is 32.1. The molecule has 0 aliphatic carbocycles. The lowest BCUT2D eigenvalue weighted by Gasteiger charge is -2.17. The number of esters is 1. The first-order valence-electron chi connectivity index (χ1n) is 9.60. The Bertz CT molecular complexity index is 834. The fourth-order valence-corrected chi connectivity index (χ4v) is 3.56. The summed E-state index contributed by atoms with van der Waals surface area (Å²) in [5.41, 5.74) is 0.671. The van der Waals surface area contributed by atoms with Gasteiger partial charge in [0, 0.05) is 10.4 Å². The molecule has 1 aromatic heterocycles. The van der Waals surface area contributed by atoms with Gasteiger partial charge in [0.05, 0.1) is 32.0 Å². The molecule has 1 aromatic carbocycles. The van der Waals surface area contributed by atoms with E-state index in [0.29, 0.717) is 53.2 Å². The third-order valence-electron chi connectivity index (χ3n) is 3.75. The lowest BCUT2D eigenvalue weighted by molar-refractivity contribution is 0.0528. The first kappa shape index (κ1) is 22.5. The van der Waals surface area contributed by atoms with E-state index in [4.69, 9.17) is 18.9 Å². The van der Waals surface area contributed by atoms with Crippen molar-refractivity contribution in [2.24, 2.45) is 0 Å². The summed E-state index contributed by atoms with van der Waals surface area (Å²) in [7, 11) is 0. The number of thiophene rings is 1. The Hall–Kier alpha value is -2.74. The van der Waals surface area contributed by atoms with Gasteiger partial charge in [-0.25, -0.2) is 4.79 Å². The van der Waals surface area contributed by atoms with Crippen molar-refractivity contribution in [3.8, 4) is 17.2 Å². The normalized spacial score (nSPS) is 10.4. The summed E-state index contributed by atoms with van der Waals surface area (Å²) in [6.45, 7) is 10.7.